The van der Waals surface area contributed by atoms with Gasteiger partial charge in [0.1, 0.15) is 5.15 Å². The molecule has 0 radical (unpaired) electrons. The van der Waals surface area contributed by atoms with E-state index in [9.17, 15) is 0 Å². The highest BCUT2D eigenvalue weighted by Gasteiger charge is 1.99. The van der Waals surface area contributed by atoms with E-state index in [1.807, 2.05) is 12.1 Å². The first-order chi connectivity index (χ1) is 7.28. The van der Waals surface area contributed by atoms with Crippen LogP contribution in [-0.4, -0.2) is 4.98 Å². The molecule has 3 nitrogen and oxygen atoms in total. The van der Waals surface area contributed by atoms with Crippen LogP contribution in [0.1, 0.15) is 5.56 Å². The van der Waals surface area contributed by atoms with Crippen molar-refractivity contribution in [2.45, 2.75) is 0 Å². The Morgan fingerprint density at radius 1 is 1.33 bits per heavy atom. The van der Waals surface area contributed by atoms with E-state index in [0.717, 1.165) is 10.8 Å². The molecule has 0 spiro atoms. The molecule has 2 aromatic rings. The average Bonchev–Trinajstić information content (AvgIpc) is 2.65. The van der Waals surface area contributed by atoms with Gasteiger partial charge in [0.2, 0.25) is 0 Å². The number of halogens is 1. The van der Waals surface area contributed by atoms with E-state index in [2.05, 4.69) is 16.4 Å². The SMILES string of the molecule is N#Cc1ccc(Nc2nc(Cl)cs2)cc1. The number of nitriles is 1. The molecule has 0 unspecified atom stereocenters. The Balaban J connectivity index is 2.15. The number of hydrogen-bond acceptors (Lipinski definition) is 4. The molecule has 2 rings (SSSR count). The molecule has 1 aromatic heterocycles. The largest absolute Gasteiger partial charge is 0.332 e. The standard InChI is InChI=1S/C10H6ClN3S/c11-9-6-15-10(14-9)13-8-3-1-7(5-12)2-4-8/h1-4,6H,(H,13,14). The minimum atomic E-state index is 0.483. The first kappa shape index (κ1) is 9.97. The predicted octanol–water partition coefficient (Wildman–Crippen LogP) is 3.41. The third kappa shape index (κ3) is 2.46. The fourth-order valence-corrected chi connectivity index (χ4v) is 1.92. The average molecular weight is 236 g/mol. The van der Waals surface area contributed by atoms with E-state index >= 15 is 0 Å². The van der Waals surface area contributed by atoms with Gasteiger partial charge in [0.25, 0.3) is 0 Å². The summed E-state index contributed by atoms with van der Waals surface area (Å²) in [5.74, 6) is 0. The zero-order valence-corrected chi connectivity index (χ0v) is 9.14. The van der Waals surface area contributed by atoms with Crippen molar-refractivity contribution in [2.75, 3.05) is 5.32 Å². The molecule has 74 valence electrons. The third-order valence-corrected chi connectivity index (χ3v) is 2.82. The number of anilines is 2. The van der Waals surface area contributed by atoms with Crippen molar-refractivity contribution in [1.82, 2.24) is 4.98 Å². The van der Waals surface area contributed by atoms with E-state index in [1.54, 1.807) is 17.5 Å². The van der Waals surface area contributed by atoms with Crippen LogP contribution in [0, 0.1) is 11.3 Å². The number of nitrogens with zero attached hydrogens (tertiary/aromatic N) is 2. The fourth-order valence-electron chi connectivity index (χ4n) is 1.06. The maximum absolute atomic E-state index is 8.62. The van der Waals surface area contributed by atoms with Crippen LogP contribution in [-0.2, 0) is 0 Å². The first-order valence-electron chi connectivity index (χ1n) is 4.16. The van der Waals surface area contributed by atoms with Crippen molar-refractivity contribution < 1.29 is 0 Å². The van der Waals surface area contributed by atoms with Gasteiger partial charge in [-0.3, -0.25) is 0 Å². The lowest BCUT2D eigenvalue weighted by Crippen LogP contribution is -1.88. The Morgan fingerprint density at radius 2 is 2.07 bits per heavy atom. The quantitative estimate of drug-likeness (QED) is 0.868. The van der Waals surface area contributed by atoms with Crippen molar-refractivity contribution in [3.05, 3.63) is 40.4 Å². The molecule has 0 atom stereocenters. The molecule has 15 heavy (non-hydrogen) atoms. The van der Waals surface area contributed by atoms with Crippen LogP contribution in [0.15, 0.2) is 29.6 Å². The lowest BCUT2D eigenvalue weighted by Gasteiger charge is -2.01. The van der Waals surface area contributed by atoms with Crippen LogP contribution in [0.25, 0.3) is 0 Å². The minimum absolute atomic E-state index is 0.483. The van der Waals surface area contributed by atoms with Gasteiger partial charge in [-0.25, -0.2) is 4.98 Å². The highest BCUT2D eigenvalue weighted by Crippen LogP contribution is 2.23. The first-order valence-corrected chi connectivity index (χ1v) is 5.42. The van der Waals surface area contributed by atoms with E-state index < -0.39 is 0 Å². The molecule has 0 aliphatic carbocycles. The molecule has 1 N–H and O–H groups in total. The maximum Gasteiger partial charge on any atom is 0.188 e. The summed E-state index contributed by atoms with van der Waals surface area (Å²) < 4.78 is 0. The molecule has 1 aromatic carbocycles. The van der Waals surface area contributed by atoms with Gasteiger partial charge >= 0.3 is 0 Å². The molecule has 0 fully saturated rings. The van der Waals surface area contributed by atoms with Crippen LogP contribution in [0.5, 0.6) is 0 Å². The third-order valence-electron chi connectivity index (χ3n) is 1.74. The summed E-state index contributed by atoms with van der Waals surface area (Å²) in [5, 5.41) is 14.7. The van der Waals surface area contributed by atoms with Gasteiger partial charge in [-0.15, -0.1) is 11.3 Å². The molecule has 0 aliphatic heterocycles. The number of benzene rings is 1. The summed E-state index contributed by atoms with van der Waals surface area (Å²) >= 11 is 7.13. The summed E-state index contributed by atoms with van der Waals surface area (Å²) in [6.07, 6.45) is 0. The highest BCUT2D eigenvalue weighted by molar-refractivity contribution is 7.14. The van der Waals surface area contributed by atoms with Crippen LogP contribution in [0.3, 0.4) is 0 Å². The minimum Gasteiger partial charge on any atom is -0.332 e. The Labute approximate surface area is 96.0 Å². The molecular weight excluding hydrogens is 230 g/mol. The van der Waals surface area contributed by atoms with Gasteiger partial charge in [-0.2, -0.15) is 5.26 Å². The van der Waals surface area contributed by atoms with Crippen molar-refractivity contribution in [3.8, 4) is 6.07 Å². The van der Waals surface area contributed by atoms with Gasteiger partial charge in [0.15, 0.2) is 5.13 Å². The molecule has 0 saturated heterocycles. The second kappa shape index (κ2) is 4.30. The Morgan fingerprint density at radius 3 is 2.60 bits per heavy atom. The van der Waals surface area contributed by atoms with Gasteiger partial charge in [-0.05, 0) is 24.3 Å². The van der Waals surface area contributed by atoms with Gasteiger partial charge in [0, 0.05) is 11.1 Å². The summed E-state index contributed by atoms with van der Waals surface area (Å²) in [6, 6.07) is 9.21. The lowest BCUT2D eigenvalue weighted by molar-refractivity contribution is 1.39. The van der Waals surface area contributed by atoms with E-state index in [1.165, 1.54) is 11.3 Å². The summed E-state index contributed by atoms with van der Waals surface area (Å²) in [5.41, 5.74) is 1.53. The second-order valence-electron chi connectivity index (χ2n) is 2.79. The number of aromatic nitrogens is 1. The van der Waals surface area contributed by atoms with E-state index in [4.69, 9.17) is 16.9 Å². The summed E-state index contributed by atoms with van der Waals surface area (Å²) in [4.78, 5) is 4.06. The maximum atomic E-state index is 8.62. The Hall–Kier alpha value is -1.57. The van der Waals surface area contributed by atoms with Crippen LogP contribution in [0.2, 0.25) is 5.15 Å². The Bertz CT molecular complexity index is 498. The predicted molar refractivity (Wildman–Crippen MR) is 61.6 cm³/mol. The van der Waals surface area contributed by atoms with Gasteiger partial charge in [0.05, 0.1) is 11.6 Å². The molecular formula is C10H6ClN3S. The smallest absolute Gasteiger partial charge is 0.188 e. The molecule has 0 saturated carbocycles. The normalized spacial score (nSPS) is 9.60. The number of hydrogen-bond donors (Lipinski definition) is 1. The topological polar surface area (TPSA) is 48.7 Å². The highest BCUT2D eigenvalue weighted by atomic mass is 35.5. The molecule has 5 heteroatoms. The zero-order valence-electron chi connectivity index (χ0n) is 7.57. The van der Waals surface area contributed by atoms with Crippen molar-refractivity contribution >= 4 is 33.8 Å². The number of nitrogens with one attached hydrogen (secondary N) is 1. The van der Waals surface area contributed by atoms with Crippen molar-refractivity contribution in [1.29, 1.82) is 5.26 Å². The molecule has 0 amide bonds. The summed E-state index contributed by atoms with van der Waals surface area (Å²) in [7, 11) is 0. The molecule has 1 heterocycles. The van der Waals surface area contributed by atoms with Crippen molar-refractivity contribution in [3.63, 3.8) is 0 Å². The molecule has 0 bridgehead atoms. The van der Waals surface area contributed by atoms with E-state index in [-0.39, 0.29) is 0 Å². The number of rotatable bonds is 2. The number of thiazole rings is 1. The van der Waals surface area contributed by atoms with Crippen molar-refractivity contribution in [2.24, 2.45) is 0 Å². The van der Waals surface area contributed by atoms with E-state index in [0.29, 0.717) is 10.7 Å². The fraction of sp³-hybridized carbons (Fsp3) is 0. The molecule has 0 aliphatic rings. The van der Waals surface area contributed by atoms with Crippen LogP contribution >= 0.6 is 22.9 Å². The van der Waals surface area contributed by atoms with Crippen LogP contribution in [0.4, 0.5) is 10.8 Å². The Kier molecular flexibility index (Phi) is 2.86. The monoisotopic (exact) mass is 235 g/mol. The second-order valence-corrected chi connectivity index (χ2v) is 4.03. The van der Waals surface area contributed by atoms with Gasteiger partial charge < -0.3 is 5.32 Å². The van der Waals surface area contributed by atoms with Crippen LogP contribution < -0.4 is 5.32 Å². The summed E-state index contributed by atoms with van der Waals surface area (Å²) in [6.45, 7) is 0. The lowest BCUT2D eigenvalue weighted by atomic mass is 10.2. The zero-order chi connectivity index (χ0) is 10.7. The van der Waals surface area contributed by atoms with Gasteiger partial charge in [-0.1, -0.05) is 11.6 Å².